The number of carboxylic acids is 1. The average Bonchev–Trinajstić information content (AvgIpc) is 3.02. The molecule has 4 aromatic rings. The number of nitrogens with zero attached hydrogens (tertiary/aromatic N) is 1. The van der Waals surface area contributed by atoms with Crippen molar-refractivity contribution in [2.75, 3.05) is 0 Å². The Labute approximate surface area is 161 Å². The van der Waals surface area contributed by atoms with E-state index in [-0.39, 0.29) is 11.0 Å². The molecule has 0 aliphatic rings. The zero-order valence-corrected chi connectivity index (χ0v) is 16.0. The second-order valence-corrected chi connectivity index (χ2v) is 8.07. The van der Waals surface area contributed by atoms with E-state index in [0.29, 0.717) is 33.0 Å². The lowest BCUT2D eigenvalue weighted by molar-refractivity contribution is 0.0699. The Kier molecular flexibility index (Phi) is 3.97. The van der Waals surface area contributed by atoms with Gasteiger partial charge in [0.2, 0.25) is 0 Å². The van der Waals surface area contributed by atoms with Gasteiger partial charge in [0.25, 0.3) is 0 Å². The van der Waals surface area contributed by atoms with Gasteiger partial charge >= 0.3 is 5.97 Å². The Morgan fingerprint density at radius 1 is 1.07 bits per heavy atom. The Morgan fingerprint density at radius 3 is 2.56 bits per heavy atom. The van der Waals surface area contributed by atoms with Crippen LogP contribution in [0.5, 0.6) is 0 Å². The summed E-state index contributed by atoms with van der Waals surface area (Å²) in [5.41, 5.74) is 2.97. The highest BCUT2D eigenvalue weighted by molar-refractivity contribution is 6.31. The molecule has 2 heterocycles. The Balaban J connectivity index is 1.94. The second-order valence-electron chi connectivity index (χ2n) is 7.63. The smallest absolute Gasteiger partial charge is 0.336 e. The zero-order chi connectivity index (χ0) is 19.3. The Hall–Kier alpha value is -2.85. The summed E-state index contributed by atoms with van der Waals surface area (Å²) in [5, 5.41) is 11.8. The van der Waals surface area contributed by atoms with Crippen LogP contribution in [-0.2, 0) is 5.41 Å². The van der Waals surface area contributed by atoms with Crippen molar-refractivity contribution < 1.29 is 14.3 Å². The van der Waals surface area contributed by atoms with Crippen molar-refractivity contribution in [2.45, 2.75) is 26.2 Å². The molecule has 2 aromatic heterocycles. The summed E-state index contributed by atoms with van der Waals surface area (Å²) in [7, 11) is 0. The first-order valence-corrected chi connectivity index (χ1v) is 8.98. The van der Waals surface area contributed by atoms with Crippen molar-refractivity contribution in [2.24, 2.45) is 0 Å². The molecule has 0 spiro atoms. The number of aromatic carboxylic acids is 1. The maximum Gasteiger partial charge on any atom is 0.336 e. The van der Waals surface area contributed by atoms with Crippen LogP contribution in [-0.4, -0.2) is 16.1 Å². The van der Waals surface area contributed by atoms with Gasteiger partial charge in [0.05, 0.1) is 11.1 Å². The minimum atomic E-state index is -0.992. The number of aromatic nitrogens is 1. The standard InChI is InChI=1S/C22H18ClNO3/c1-22(2,3)13-4-6-17-15(10-13)16(21(25)26)11-18(24-17)20-9-12-8-14(23)5-7-19(12)27-20/h4-11H,1-3H3,(H,25,26). The monoisotopic (exact) mass is 379 g/mol. The van der Waals surface area contributed by atoms with E-state index in [2.05, 4.69) is 25.8 Å². The van der Waals surface area contributed by atoms with Gasteiger partial charge in [0.1, 0.15) is 11.3 Å². The van der Waals surface area contributed by atoms with E-state index in [9.17, 15) is 9.90 Å². The Morgan fingerprint density at radius 2 is 1.85 bits per heavy atom. The quantitative estimate of drug-likeness (QED) is 0.444. The Bertz CT molecular complexity index is 1200. The predicted octanol–water partition coefficient (Wildman–Crippen LogP) is 6.30. The van der Waals surface area contributed by atoms with Crippen molar-refractivity contribution in [1.82, 2.24) is 4.98 Å². The summed E-state index contributed by atoms with van der Waals surface area (Å²) in [5.74, 6) is -0.481. The van der Waals surface area contributed by atoms with E-state index >= 15 is 0 Å². The molecular weight excluding hydrogens is 362 g/mol. The van der Waals surface area contributed by atoms with Gasteiger partial charge < -0.3 is 9.52 Å². The van der Waals surface area contributed by atoms with E-state index in [1.165, 1.54) is 0 Å². The minimum absolute atomic E-state index is 0.0827. The lowest BCUT2D eigenvalue weighted by atomic mass is 9.86. The average molecular weight is 380 g/mol. The molecule has 0 fully saturated rings. The number of hydrogen-bond acceptors (Lipinski definition) is 3. The molecule has 0 saturated carbocycles. The third-order valence-corrected chi connectivity index (χ3v) is 4.87. The van der Waals surface area contributed by atoms with Gasteiger partial charge in [-0.15, -0.1) is 0 Å². The van der Waals surface area contributed by atoms with Gasteiger partial charge in [-0.1, -0.05) is 38.4 Å². The van der Waals surface area contributed by atoms with Gasteiger partial charge in [-0.3, -0.25) is 0 Å². The van der Waals surface area contributed by atoms with E-state index in [4.69, 9.17) is 16.0 Å². The van der Waals surface area contributed by atoms with Gasteiger partial charge in [-0.2, -0.15) is 0 Å². The second kappa shape index (κ2) is 6.10. The van der Waals surface area contributed by atoms with Crippen molar-refractivity contribution >= 4 is 39.4 Å². The van der Waals surface area contributed by atoms with Crippen LogP contribution >= 0.6 is 11.6 Å². The fraction of sp³-hybridized carbons (Fsp3) is 0.182. The summed E-state index contributed by atoms with van der Waals surface area (Å²) < 4.78 is 5.86. The molecule has 0 aliphatic carbocycles. The number of benzene rings is 2. The molecule has 4 nitrogen and oxygen atoms in total. The molecule has 0 radical (unpaired) electrons. The first-order chi connectivity index (χ1) is 12.7. The molecular formula is C22H18ClNO3. The maximum absolute atomic E-state index is 11.9. The van der Waals surface area contributed by atoms with Crippen molar-refractivity contribution in [3.05, 3.63) is 64.7 Å². The molecule has 5 heteroatoms. The molecule has 27 heavy (non-hydrogen) atoms. The molecule has 0 atom stereocenters. The molecule has 136 valence electrons. The number of halogens is 1. The number of furan rings is 1. The molecule has 2 aromatic carbocycles. The van der Waals surface area contributed by atoms with Gasteiger partial charge in [-0.05, 0) is 53.4 Å². The minimum Gasteiger partial charge on any atom is -0.478 e. The molecule has 0 unspecified atom stereocenters. The van der Waals surface area contributed by atoms with Crippen molar-refractivity contribution in [1.29, 1.82) is 0 Å². The van der Waals surface area contributed by atoms with E-state index in [0.717, 1.165) is 10.9 Å². The summed E-state index contributed by atoms with van der Waals surface area (Å²) in [6, 6.07) is 14.5. The normalized spacial score (nSPS) is 12.0. The van der Waals surface area contributed by atoms with Gasteiger partial charge in [0.15, 0.2) is 5.76 Å². The molecule has 0 amide bonds. The van der Waals surface area contributed by atoms with Crippen LogP contribution in [0.3, 0.4) is 0 Å². The first-order valence-electron chi connectivity index (χ1n) is 8.60. The van der Waals surface area contributed by atoms with Crippen LogP contribution in [0, 0.1) is 0 Å². The summed E-state index contributed by atoms with van der Waals surface area (Å²) in [6.07, 6.45) is 0. The third-order valence-electron chi connectivity index (χ3n) is 4.64. The topological polar surface area (TPSA) is 63.3 Å². The zero-order valence-electron chi connectivity index (χ0n) is 15.2. The lowest BCUT2D eigenvalue weighted by Crippen LogP contribution is -2.11. The first kappa shape index (κ1) is 17.6. The van der Waals surface area contributed by atoms with Crippen LogP contribution in [0.15, 0.2) is 52.9 Å². The molecule has 0 saturated heterocycles. The predicted molar refractivity (Wildman–Crippen MR) is 108 cm³/mol. The lowest BCUT2D eigenvalue weighted by Gasteiger charge is -2.19. The number of carbonyl (C=O) groups is 1. The number of fused-ring (bicyclic) bond motifs is 2. The number of carboxylic acid groups (broad SMARTS) is 1. The molecule has 1 N–H and O–H groups in total. The van der Waals surface area contributed by atoms with Gasteiger partial charge in [0, 0.05) is 15.8 Å². The highest BCUT2D eigenvalue weighted by Gasteiger charge is 2.19. The fourth-order valence-electron chi connectivity index (χ4n) is 3.14. The number of pyridine rings is 1. The van der Waals surface area contributed by atoms with Crippen molar-refractivity contribution in [3.8, 4) is 11.5 Å². The largest absolute Gasteiger partial charge is 0.478 e. The number of hydrogen-bond donors (Lipinski definition) is 1. The summed E-state index contributed by atoms with van der Waals surface area (Å²) >= 11 is 6.04. The van der Waals surface area contributed by atoms with Crippen LogP contribution in [0.25, 0.3) is 33.3 Å². The maximum atomic E-state index is 11.9. The highest BCUT2D eigenvalue weighted by Crippen LogP contribution is 2.33. The summed E-state index contributed by atoms with van der Waals surface area (Å²) in [4.78, 5) is 16.5. The van der Waals surface area contributed by atoms with E-state index < -0.39 is 5.97 Å². The van der Waals surface area contributed by atoms with E-state index in [1.54, 1.807) is 24.3 Å². The number of rotatable bonds is 2. The SMILES string of the molecule is CC(C)(C)c1ccc2nc(-c3cc4cc(Cl)ccc4o3)cc(C(=O)O)c2c1. The van der Waals surface area contributed by atoms with Crippen molar-refractivity contribution in [3.63, 3.8) is 0 Å². The van der Waals surface area contributed by atoms with Crippen LogP contribution in [0.4, 0.5) is 0 Å². The molecule has 0 aliphatic heterocycles. The highest BCUT2D eigenvalue weighted by atomic mass is 35.5. The van der Waals surface area contributed by atoms with Crippen LogP contribution in [0.2, 0.25) is 5.02 Å². The molecule has 0 bridgehead atoms. The summed E-state index contributed by atoms with van der Waals surface area (Å²) in [6.45, 7) is 6.28. The fourth-order valence-corrected chi connectivity index (χ4v) is 3.32. The third kappa shape index (κ3) is 3.17. The molecule has 4 rings (SSSR count). The van der Waals surface area contributed by atoms with Gasteiger partial charge in [-0.25, -0.2) is 9.78 Å². The van der Waals surface area contributed by atoms with Crippen LogP contribution < -0.4 is 0 Å². The van der Waals surface area contributed by atoms with Crippen LogP contribution in [0.1, 0.15) is 36.7 Å². The van der Waals surface area contributed by atoms with E-state index in [1.807, 2.05) is 24.3 Å².